The molecule has 0 amide bonds. The van der Waals surface area contributed by atoms with Gasteiger partial charge in [-0.15, -0.1) is 0 Å². The van der Waals surface area contributed by atoms with Crippen molar-refractivity contribution in [2.45, 2.75) is 18.4 Å². The average Bonchev–Trinajstić information content (AvgIpc) is 3.04. The Hall–Kier alpha value is -2.33. The number of nitrogens with zero attached hydrogens (tertiary/aromatic N) is 1. The number of nitro benzene ring substituents is 1. The minimum Gasteiger partial charge on any atom is -0.378 e. The van der Waals surface area contributed by atoms with Crippen LogP contribution in [0.4, 0.5) is 11.4 Å². The van der Waals surface area contributed by atoms with Crippen LogP contribution >= 0.6 is 11.6 Å². The molecule has 5 heteroatoms. The van der Waals surface area contributed by atoms with E-state index in [-0.39, 0.29) is 22.6 Å². The van der Waals surface area contributed by atoms with E-state index in [1.54, 1.807) is 18.2 Å². The Morgan fingerprint density at radius 1 is 1.17 bits per heavy atom. The predicted octanol–water partition coefficient (Wildman–Crippen LogP) is 5.07. The minimum absolute atomic E-state index is 0.109. The second-order valence-corrected chi connectivity index (χ2v) is 6.43. The summed E-state index contributed by atoms with van der Waals surface area (Å²) in [5.74, 6) is 0.511. The van der Waals surface area contributed by atoms with Crippen LogP contribution in [-0.2, 0) is 0 Å². The third-order valence-electron chi connectivity index (χ3n) is 4.80. The van der Waals surface area contributed by atoms with Gasteiger partial charge in [-0.3, -0.25) is 10.1 Å². The van der Waals surface area contributed by atoms with Gasteiger partial charge in [0.1, 0.15) is 0 Å². The highest BCUT2D eigenvalue weighted by Gasteiger charge is 2.39. The lowest BCUT2D eigenvalue weighted by Crippen LogP contribution is -2.29. The Bertz CT molecular complexity index is 818. The van der Waals surface area contributed by atoms with Gasteiger partial charge in [0.2, 0.25) is 0 Å². The molecule has 0 saturated heterocycles. The standard InChI is InChI=1S/C18H15ClN2O2/c19-16-7-2-1-4-14(16)18-13-6-3-5-12(13)15-10-11(21(22)23)8-9-17(15)20-18/h1-5,7-10,12-13,18,20H,6H2/t12-,13-,18-/m0/s1. The first-order valence-electron chi connectivity index (χ1n) is 7.61. The lowest BCUT2D eigenvalue weighted by atomic mass is 9.77. The third-order valence-corrected chi connectivity index (χ3v) is 5.14. The number of benzene rings is 2. The van der Waals surface area contributed by atoms with Gasteiger partial charge in [-0.2, -0.15) is 0 Å². The molecule has 0 aromatic heterocycles. The van der Waals surface area contributed by atoms with Crippen molar-refractivity contribution in [3.8, 4) is 0 Å². The average molecular weight is 327 g/mol. The fraction of sp³-hybridized carbons (Fsp3) is 0.222. The Balaban J connectivity index is 1.81. The van der Waals surface area contributed by atoms with Crippen LogP contribution < -0.4 is 5.32 Å². The van der Waals surface area contributed by atoms with Crippen molar-refractivity contribution in [1.82, 2.24) is 0 Å². The quantitative estimate of drug-likeness (QED) is 0.476. The molecule has 116 valence electrons. The van der Waals surface area contributed by atoms with Crippen LogP contribution in [0.1, 0.15) is 29.5 Å². The van der Waals surface area contributed by atoms with Crippen molar-refractivity contribution in [2.75, 3.05) is 5.32 Å². The number of halogens is 1. The summed E-state index contributed by atoms with van der Waals surface area (Å²) in [4.78, 5) is 10.7. The van der Waals surface area contributed by atoms with Crippen LogP contribution in [0.25, 0.3) is 0 Å². The Labute approximate surface area is 138 Å². The van der Waals surface area contributed by atoms with Crippen molar-refractivity contribution in [2.24, 2.45) is 5.92 Å². The van der Waals surface area contributed by atoms with Gasteiger partial charge in [0.05, 0.1) is 11.0 Å². The summed E-state index contributed by atoms with van der Waals surface area (Å²) >= 11 is 6.39. The van der Waals surface area contributed by atoms with E-state index in [2.05, 4.69) is 17.5 Å². The summed E-state index contributed by atoms with van der Waals surface area (Å²) in [5, 5.41) is 15.4. The van der Waals surface area contributed by atoms with E-state index in [0.717, 1.165) is 28.3 Å². The highest BCUT2D eigenvalue weighted by molar-refractivity contribution is 6.31. The third kappa shape index (κ3) is 2.30. The molecule has 0 spiro atoms. The molecule has 0 saturated carbocycles. The molecule has 0 unspecified atom stereocenters. The van der Waals surface area contributed by atoms with Gasteiger partial charge >= 0.3 is 0 Å². The number of non-ortho nitro benzene ring substituents is 1. The van der Waals surface area contributed by atoms with E-state index < -0.39 is 0 Å². The number of hydrogen-bond acceptors (Lipinski definition) is 3. The maximum absolute atomic E-state index is 11.1. The molecule has 1 N–H and O–H groups in total. The van der Waals surface area contributed by atoms with E-state index >= 15 is 0 Å². The fourth-order valence-corrected chi connectivity index (χ4v) is 3.98. The summed E-state index contributed by atoms with van der Waals surface area (Å²) in [6, 6.07) is 13.0. The molecule has 2 aromatic carbocycles. The number of nitrogens with one attached hydrogen (secondary N) is 1. The van der Waals surface area contributed by atoms with Gasteiger partial charge in [-0.25, -0.2) is 0 Å². The Morgan fingerprint density at radius 3 is 2.78 bits per heavy atom. The molecule has 0 fully saturated rings. The summed E-state index contributed by atoms with van der Waals surface area (Å²) in [6.45, 7) is 0. The molecule has 4 rings (SSSR count). The summed E-state index contributed by atoms with van der Waals surface area (Å²) in [6.07, 6.45) is 5.27. The Morgan fingerprint density at radius 2 is 2.00 bits per heavy atom. The lowest BCUT2D eigenvalue weighted by molar-refractivity contribution is -0.384. The van der Waals surface area contributed by atoms with E-state index in [9.17, 15) is 10.1 Å². The summed E-state index contributed by atoms with van der Waals surface area (Å²) in [7, 11) is 0. The Kier molecular flexibility index (Phi) is 3.34. The maximum atomic E-state index is 11.1. The zero-order valence-corrected chi connectivity index (χ0v) is 13.0. The topological polar surface area (TPSA) is 55.2 Å². The number of nitro groups is 1. The number of rotatable bonds is 2. The van der Waals surface area contributed by atoms with Crippen LogP contribution in [0.3, 0.4) is 0 Å². The first kappa shape index (κ1) is 14.3. The molecule has 0 radical (unpaired) electrons. The van der Waals surface area contributed by atoms with Gasteiger partial charge in [0.15, 0.2) is 0 Å². The van der Waals surface area contributed by atoms with Crippen LogP contribution in [0.15, 0.2) is 54.6 Å². The van der Waals surface area contributed by atoms with E-state index in [4.69, 9.17) is 11.6 Å². The van der Waals surface area contributed by atoms with Crippen molar-refractivity contribution >= 4 is 23.0 Å². The first-order valence-corrected chi connectivity index (χ1v) is 7.99. The second-order valence-electron chi connectivity index (χ2n) is 6.03. The number of anilines is 1. The number of hydrogen-bond donors (Lipinski definition) is 1. The molecule has 0 bridgehead atoms. The highest BCUT2D eigenvalue weighted by Crippen LogP contribution is 2.51. The fourth-order valence-electron chi connectivity index (χ4n) is 3.73. The maximum Gasteiger partial charge on any atom is 0.269 e. The monoisotopic (exact) mass is 326 g/mol. The van der Waals surface area contributed by atoms with E-state index in [0.29, 0.717) is 5.92 Å². The normalized spacial score (nSPS) is 24.7. The predicted molar refractivity (Wildman–Crippen MR) is 90.9 cm³/mol. The van der Waals surface area contributed by atoms with Crippen LogP contribution in [0.2, 0.25) is 5.02 Å². The van der Waals surface area contributed by atoms with Gasteiger partial charge < -0.3 is 5.32 Å². The summed E-state index contributed by atoms with van der Waals surface area (Å²) < 4.78 is 0. The molecule has 3 atom stereocenters. The van der Waals surface area contributed by atoms with Crippen molar-refractivity contribution in [3.63, 3.8) is 0 Å². The van der Waals surface area contributed by atoms with Gasteiger partial charge in [0.25, 0.3) is 5.69 Å². The van der Waals surface area contributed by atoms with Crippen molar-refractivity contribution < 1.29 is 4.92 Å². The number of fused-ring (bicyclic) bond motifs is 3. The lowest BCUT2D eigenvalue weighted by Gasteiger charge is -2.37. The SMILES string of the molecule is O=[N+]([O-])c1ccc2c(c1)[C@H]1C=CC[C@@H]1[C@@H](c1ccccc1Cl)N2. The molecular formula is C18H15ClN2O2. The van der Waals surface area contributed by atoms with E-state index in [1.807, 2.05) is 24.3 Å². The minimum atomic E-state index is -0.339. The van der Waals surface area contributed by atoms with Crippen LogP contribution in [0.5, 0.6) is 0 Å². The summed E-state index contributed by atoms with van der Waals surface area (Å²) in [5.41, 5.74) is 3.17. The highest BCUT2D eigenvalue weighted by atomic mass is 35.5. The molecular weight excluding hydrogens is 312 g/mol. The molecule has 1 aliphatic carbocycles. The smallest absolute Gasteiger partial charge is 0.269 e. The molecule has 1 aliphatic heterocycles. The largest absolute Gasteiger partial charge is 0.378 e. The first-order chi connectivity index (χ1) is 11.1. The molecule has 2 aromatic rings. The van der Waals surface area contributed by atoms with Gasteiger partial charge in [-0.1, -0.05) is 42.0 Å². The van der Waals surface area contributed by atoms with Crippen molar-refractivity contribution in [3.05, 3.63) is 80.9 Å². The molecule has 4 nitrogen and oxygen atoms in total. The van der Waals surface area contributed by atoms with Gasteiger partial charge in [-0.05, 0) is 35.6 Å². The van der Waals surface area contributed by atoms with Crippen LogP contribution in [0, 0.1) is 16.0 Å². The van der Waals surface area contributed by atoms with E-state index in [1.165, 1.54) is 0 Å². The molecule has 2 aliphatic rings. The van der Waals surface area contributed by atoms with Crippen molar-refractivity contribution in [1.29, 1.82) is 0 Å². The van der Waals surface area contributed by atoms with Gasteiger partial charge in [0, 0.05) is 28.8 Å². The number of allylic oxidation sites excluding steroid dienone is 2. The zero-order chi connectivity index (χ0) is 16.0. The zero-order valence-electron chi connectivity index (χ0n) is 12.3. The molecule has 23 heavy (non-hydrogen) atoms. The van der Waals surface area contributed by atoms with Crippen LogP contribution in [-0.4, -0.2) is 4.92 Å². The molecule has 1 heterocycles. The second kappa shape index (κ2) is 5.39.